The van der Waals surface area contributed by atoms with E-state index in [-0.39, 0.29) is 50.7 Å². The third kappa shape index (κ3) is 4.13. The summed E-state index contributed by atoms with van der Waals surface area (Å²) < 4.78 is 0. The van der Waals surface area contributed by atoms with Crippen LogP contribution in [0.2, 0.25) is 13.1 Å². The number of halogens is 2. The second-order valence-electron chi connectivity index (χ2n) is 8.63. The minimum absolute atomic E-state index is 0. The summed E-state index contributed by atoms with van der Waals surface area (Å²) in [5.74, 6) is 0.482. The quantitative estimate of drug-likeness (QED) is 0.303. The Morgan fingerprint density at radius 3 is 1.81 bits per heavy atom. The van der Waals surface area contributed by atoms with Crippen LogP contribution in [0.3, 0.4) is 0 Å². The molecule has 0 aliphatic heterocycles. The summed E-state index contributed by atoms with van der Waals surface area (Å²) in [7, 11) is -1.82. The standard InChI is InChI=1S/C27H26Si.2ClH.Hf/c1-4-11-23-20-13-6-5-12-19(20)18-26(23)28(2,3)27-24-16-9-7-14-21(24)22-15-8-10-17-25(22)27;;;/h4-10,12-18,23,27H,1,11H2,2-3H3;2*1H;/q;;;+2/p-2. The monoisotopic (exact) mass is 628 g/mol. The molecule has 0 N–H and O–H groups in total. The molecule has 1 unspecified atom stereocenters. The van der Waals surface area contributed by atoms with Gasteiger partial charge in [-0.05, 0) is 39.8 Å². The molecular weight excluding hydrogens is 602 g/mol. The number of rotatable bonds is 4. The summed E-state index contributed by atoms with van der Waals surface area (Å²) in [6, 6.07) is 27.0. The Hall–Kier alpha value is -1.19. The summed E-state index contributed by atoms with van der Waals surface area (Å²) in [4.78, 5) is 0. The van der Waals surface area contributed by atoms with Gasteiger partial charge in [0.1, 0.15) is 0 Å². The van der Waals surface area contributed by atoms with Gasteiger partial charge in [0.2, 0.25) is 0 Å². The molecule has 3 aromatic carbocycles. The Morgan fingerprint density at radius 1 is 0.774 bits per heavy atom. The van der Waals surface area contributed by atoms with Crippen molar-refractivity contribution in [2.75, 3.05) is 0 Å². The molecule has 0 amide bonds. The zero-order chi connectivity index (χ0) is 19.3. The summed E-state index contributed by atoms with van der Waals surface area (Å²) in [5.41, 5.74) is 9.30. The van der Waals surface area contributed by atoms with Crippen LogP contribution >= 0.6 is 0 Å². The van der Waals surface area contributed by atoms with E-state index in [1.807, 2.05) is 0 Å². The zero-order valence-corrected chi connectivity index (χ0v) is 24.0. The molecule has 3 aromatic rings. The fourth-order valence-electron chi connectivity index (χ4n) is 5.55. The van der Waals surface area contributed by atoms with Crippen LogP contribution in [0.15, 0.2) is 90.6 Å². The molecule has 0 saturated carbocycles. The number of hydrogen-bond donors (Lipinski definition) is 0. The first-order chi connectivity index (χ1) is 13.6. The Kier molecular flexibility index (Phi) is 8.55. The van der Waals surface area contributed by atoms with E-state index in [0.29, 0.717) is 11.5 Å². The van der Waals surface area contributed by atoms with Crippen molar-refractivity contribution in [3.05, 3.63) is 113 Å². The second-order valence-corrected chi connectivity index (χ2v) is 13.2. The predicted molar refractivity (Wildman–Crippen MR) is 123 cm³/mol. The second kappa shape index (κ2) is 10.2. The van der Waals surface area contributed by atoms with Crippen LogP contribution in [0.4, 0.5) is 0 Å². The Balaban J connectivity index is 0.00000114. The third-order valence-corrected chi connectivity index (χ3v) is 10.8. The van der Waals surface area contributed by atoms with E-state index in [2.05, 4.69) is 105 Å². The van der Waals surface area contributed by atoms with Crippen LogP contribution in [0.25, 0.3) is 17.2 Å². The fourth-order valence-corrected chi connectivity index (χ4v) is 9.64. The molecular formula is C27H26Cl2HfSi. The van der Waals surface area contributed by atoms with Crippen LogP contribution in [-0.4, -0.2) is 8.07 Å². The van der Waals surface area contributed by atoms with Gasteiger partial charge in [0.25, 0.3) is 0 Å². The van der Waals surface area contributed by atoms with Crippen LogP contribution in [0.1, 0.15) is 40.1 Å². The number of hydrogen-bond acceptors (Lipinski definition) is 0. The van der Waals surface area contributed by atoms with Gasteiger partial charge in [-0.25, -0.2) is 0 Å². The van der Waals surface area contributed by atoms with E-state index in [1.54, 1.807) is 5.20 Å². The summed E-state index contributed by atoms with van der Waals surface area (Å²) >= 11 is 0. The molecule has 0 saturated heterocycles. The van der Waals surface area contributed by atoms with Crippen LogP contribution in [-0.2, 0) is 25.8 Å². The van der Waals surface area contributed by atoms with E-state index in [0.717, 1.165) is 6.42 Å². The normalized spacial score (nSPS) is 15.9. The Morgan fingerprint density at radius 2 is 1.26 bits per heavy atom. The molecule has 0 radical (unpaired) electrons. The Bertz CT molecular complexity index is 1070. The molecule has 156 valence electrons. The number of benzene rings is 3. The maximum atomic E-state index is 4.07. The van der Waals surface area contributed by atoms with Crippen LogP contribution < -0.4 is 24.8 Å². The molecule has 0 fully saturated rings. The average molecular weight is 628 g/mol. The SMILES string of the molecule is C=CCC1C([Si](C)(C)C2c3ccccc3-c3ccccc32)=Cc2ccccc21.[Cl-].[Cl-].[Hf+2]. The van der Waals surface area contributed by atoms with E-state index >= 15 is 0 Å². The van der Waals surface area contributed by atoms with E-state index in [4.69, 9.17) is 0 Å². The van der Waals surface area contributed by atoms with Gasteiger partial charge in [-0.3, -0.25) is 0 Å². The van der Waals surface area contributed by atoms with Gasteiger partial charge in [0.15, 0.2) is 0 Å². The van der Waals surface area contributed by atoms with Gasteiger partial charge in [-0.15, -0.1) is 6.58 Å². The molecule has 2 aliphatic carbocycles. The van der Waals surface area contributed by atoms with Crippen molar-refractivity contribution in [1.82, 2.24) is 0 Å². The van der Waals surface area contributed by atoms with Gasteiger partial charge in [0, 0.05) is 11.5 Å². The molecule has 2 aliphatic rings. The van der Waals surface area contributed by atoms with Gasteiger partial charge < -0.3 is 24.8 Å². The molecule has 4 heteroatoms. The molecule has 0 bridgehead atoms. The number of fused-ring (bicyclic) bond motifs is 4. The van der Waals surface area contributed by atoms with Crippen molar-refractivity contribution < 1.29 is 50.7 Å². The first-order valence-electron chi connectivity index (χ1n) is 10.2. The van der Waals surface area contributed by atoms with E-state index in [1.165, 1.54) is 33.4 Å². The van der Waals surface area contributed by atoms with Gasteiger partial charge >= 0.3 is 25.8 Å². The third-order valence-electron chi connectivity index (χ3n) is 6.76. The molecule has 5 rings (SSSR count). The molecule has 31 heavy (non-hydrogen) atoms. The minimum atomic E-state index is -1.82. The van der Waals surface area contributed by atoms with Crippen molar-refractivity contribution in [3.8, 4) is 11.1 Å². The van der Waals surface area contributed by atoms with Crippen LogP contribution in [0.5, 0.6) is 0 Å². The first kappa shape index (κ1) is 26.1. The maximum Gasteiger partial charge on any atom is 2.00 e. The van der Waals surface area contributed by atoms with Gasteiger partial charge in [0.05, 0.1) is 8.07 Å². The van der Waals surface area contributed by atoms with Crippen molar-refractivity contribution in [2.45, 2.75) is 31.0 Å². The minimum Gasteiger partial charge on any atom is -1.00 e. The van der Waals surface area contributed by atoms with Gasteiger partial charge in [-0.1, -0.05) is 103 Å². The average Bonchev–Trinajstić information content (AvgIpc) is 3.25. The maximum absolute atomic E-state index is 4.07. The largest absolute Gasteiger partial charge is 2.00 e. The molecule has 0 nitrogen and oxygen atoms in total. The van der Waals surface area contributed by atoms with Crippen molar-refractivity contribution in [1.29, 1.82) is 0 Å². The smallest absolute Gasteiger partial charge is 1.00 e. The van der Waals surface area contributed by atoms with Crippen LogP contribution in [0, 0.1) is 0 Å². The van der Waals surface area contributed by atoms with Crippen molar-refractivity contribution >= 4 is 14.1 Å². The Labute approximate surface area is 218 Å². The van der Waals surface area contributed by atoms with Crippen molar-refractivity contribution in [2.24, 2.45) is 0 Å². The van der Waals surface area contributed by atoms with Gasteiger partial charge in [-0.2, -0.15) is 0 Å². The predicted octanol–water partition coefficient (Wildman–Crippen LogP) is 1.35. The van der Waals surface area contributed by atoms with Crippen molar-refractivity contribution in [3.63, 3.8) is 0 Å². The summed E-state index contributed by atoms with van der Waals surface area (Å²) in [6.07, 6.45) is 5.64. The molecule has 0 heterocycles. The first-order valence-corrected chi connectivity index (χ1v) is 13.3. The molecule has 1 atom stereocenters. The van der Waals surface area contributed by atoms with E-state index < -0.39 is 8.07 Å². The fraction of sp³-hybridized carbons (Fsp3) is 0.185. The van der Waals surface area contributed by atoms with E-state index in [9.17, 15) is 0 Å². The summed E-state index contributed by atoms with van der Waals surface area (Å²) in [5, 5.41) is 1.67. The molecule has 0 aromatic heterocycles. The topological polar surface area (TPSA) is 0 Å². The summed E-state index contributed by atoms with van der Waals surface area (Å²) in [6.45, 7) is 9.22. The zero-order valence-electron chi connectivity index (χ0n) is 17.9. The molecule has 0 spiro atoms. The number of allylic oxidation sites excluding steroid dienone is 2.